The van der Waals surface area contributed by atoms with Crippen LogP contribution in [0.5, 0.6) is 0 Å². The Kier molecular flexibility index (Phi) is 2.59. The van der Waals surface area contributed by atoms with Gasteiger partial charge in [0.25, 0.3) is 0 Å². The molecule has 0 unspecified atom stereocenters. The summed E-state index contributed by atoms with van der Waals surface area (Å²) in [6.45, 7) is 2.80. The Balaban J connectivity index is 1.68. The molecule has 0 saturated heterocycles. The van der Waals surface area contributed by atoms with Crippen LogP contribution in [0, 0.1) is 18.3 Å². The number of hydrogen-bond acceptors (Lipinski definition) is 4. The molecule has 1 N–H and O–H groups in total. The smallest absolute Gasteiger partial charge is 0.162 e. The SMILES string of the molecule is Cc1nc2cnc3[nH]ccc3c2n1[C@@H]1CCc2cc(C#N)nn2C1. The van der Waals surface area contributed by atoms with Crippen molar-refractivity contribution in [1.82, 2.24) is 29.3 Å². The molecule has 118 valence electrons. The summed E-state index contributed by atoms with van der Waals surface area (Å²) in [6, 6.07) is 6.35. The fourth-order valence-electron chi connectivity index (χ4n) is 3.84. The number of H-pyrrole nitrogens is 1. The van der Waals surface area contributed by atoms with Crippen LogP contribution >= 0.6 is 0 Å². The first-order valence-corrected chi connectivity index (χ1v) is 8.02. The predicted octanol–water partition coefficient (Wildman–Crippen LogP) is 2.48. The molecule has 0 radical (unpaired) electrons. The van der Waals surface area contributed by atoms with Gasteiger partial charge in [-0.15, -0.1) is 0 Å². The van der Waals surface area contributed by atoms with Crippen molar-refractivity contribution in [2.75, 3.05) is 0 Å². The standard InChI is InChI=1S/C17H15N7/c1-10-21-15-8-20-17-14(4-5-19-17)16(15)24(10)13-3-2-12-6-11(7-18)22-23(12)9-13/h4-6,8,13H,2-3,9H2,1H3,(H,19,20)/t13-/m1/s1. The van der Waals surface area contributed by atoms with Crippen LogP contribution in [0.1, 0.15) is 29.7 Å². The fourth-order valence-corrected chi connectivity index (χ4v) is 3.84. The highest BCUT2D eigenvalue weighted by Gasteiger charge is 2.25. The number of rotatable bonds is 1. The van der Waals surface area contributed by atoms with Crippen LogP contribution in [0.15, 0.2) is 24.5 Å². The molecule has 0 aromatic carbocycles. The Labute approximate surface area is 137 Å². The summed E-state index contributed by atoms with van der Waals surface area (Å²) in [6.07, 6.45) is 5.67. The molecule has 4 aromatic rings. The van der Waals surface area contributed by atoms with Crippen molar-refractivity contribution >= 4 is 22.1 Å². The van der Waals surface area contributed by atoms with Crippen molar-refractivity contribution in [3.63, 3.8) is 0 Å². The average Bonchev–Trinajstić information content (AvgIpc) is 3.28. The van der Waals surface area contributed by atoms with Crippen LogP contribution in [0.4, 0.5) is 0 Å². The zero-order valence-corrected chi connectivity index (χ0v) is 13.2. The zero-order chi connectivity index (χ0) is 16.3. The van der Waals surface area contributed by atoms with E-state index in [4.69, 9.17) is 10.2 Å². The van der Waals surface area contributed by atoms with E-state index in [1.165, 1.54) is 0 Å². The summed E-state index contributed by atoms with van der Waals surface area (Å²) in [5, 5.41) is 14.6. The van der Waals surface area contributed by atoms with Crippen LogP contribution in [0.2, 0.25) is 0 Å². The van der Waals surface area contributed by atoms with Gasteiger partial charge in [-0.25, -0.2) is 9.97 Å². The first-order chi connectivity index (χ1) is 11.7. The van der Waals surface area contributed by atoms with Gasteiger partial charge in [0.2, 0.25) is 0 Å². The van der Waals surface area contributed by atoms with Gasteiger partial charge in [0.05, 0.1) is 24.3 Å². The molecule has 1 aliphatic heterocycles. The number of aromatic amines is 1. The summed E-state index contributed by atoms with van der Waals surface area (Å²) in [5.74, 6) is 0.988. The summed E-state index contributed by atoms with van der Waals surface area (Å²) in [5.41, 5.74) is 4.56. The van der Waals surface area contributed by atoms with E-state index in [9.17, 15) is 0 Å². The molecule has 5 rings (SSSR count). The number of pyridine rings is 1. The van der Waals surface area contributed by atoms with Gasteiger partial charge < -0.3 is 9.55 Å². The van der Waals surface area contributed by atoms with Gasteiger partial charge in [-0.3, -0.25) is 4.68 Å². The van der Waals surface area contributed by atoms with Crippen molar-refractivity contribution in [2.24, 2.45) is 0 Å². The average molecular weight is 317 g/mol. The van der Waals surface area contributed by atoms with Gasteiger partial charge in [0, 0.05) is 17.3 Å². The quantitative estimate of drug-likeness (QED) is 0.584. The minimum Gasteiger partial charge on any atom is -0.346 e. The minimum absolute atomic E-state index is 0.273. The highest BCUT2D eigenvalue weighted by molar-refractivity contribution is 6.01. The van der Waals surface area contributed by atoms with E-state index >= 15 is 0 Å². The number of hydrogen-bond donors (Lipinski definition) is 1. The summed E-state index contributed by atoms with van der Waals surface area (Å²) in [7, 11) is 0. The van der Waals surface area contributed by atoms with Gasteiger partial charge in [-0.05, 0) is 31.9 Å². The number of fused-ring (bicyclic) bond motifs is 4. The Morgan fingerprint density at radius 1 is 1.42 bits per heavy atom. The van der Waals surface area contributed by atoms with E-state index in [0.29, 0.717) is 5.69 Å². The molecule has 7 heteroatoms. The van der Waals surface area contributed by atoms with Gasteiger partial charge in [0.15, 0.2) is 5.69 Å². The molecule has 0 fully saturated rings. The first kappa shape index (κ1) is 13.3. The van der Waals surface area contributed by atoms with Crippen molar-refractivity contribution in [3.8, 4) is 6.07 Å². The molecule has 0 spiro atoms. The van der Waals surface area contributed by atoms with Crippen molar-refractivity contribution in [1.29, 1.82) is 5.26 Å². The van der Waals surface area contributed by atoms with Crippen LogP contribution < -0.4 is 0 Å². The Bertz CT molecular complexity index is 1120. The second-order valence-electron chi connectivity index (χ2n) is 6.27. The van der Waals surface area contributed by atoms with Crippen LogP contribution in [0.25, 0.3) is 22.1 Å². The molecular formula is C17H15N7. The fraction of sp³-hybridized carbons (Fsp3) is 0.294. The third-order valence-electron chi connectivity index (χ3n) is 4.87. The molecule has 0 saturated carbocycles. The van der Waals surface area contributed by atoms with E-state index in [0.717, 1.165) is 53.0 Å². The van der Waals surface area contributed by atoms with E-state index < -0.39 is 0 Å². The Morgan fingerprint density at radius 3 is 3.21 bits per heavy atom. The number of imidazole rings is 1. The van der Waals surface area contributed by atoms with Crippen molar-refractivity contribution in [2.45, 2.75) is 32.4 Å². The van der Waals surface area contributed by atoms with E-state index in [-0.39, 0.29) is 6.04 Å². The molecule has 24 heavy (non-hydrogen) atoms. The molecule has 4 aromatic heterocycles. The molecular weight excluding hydrogens is 302 g/mol. The van der Waals surface area contributed by atoms with Crippen LogP contribution in [0.3, 0.4) is 0 Å². The third kappa shape index (κ3) is 1.74. The van der Waals surface area contributed by atoms with Gasteiger partial charge >= 0.3 is 0 Å². The summed E-state index contributed by atoms with van der Waals surface area (Å²) in [4.78, 5) is 12.3. The van der Waals surface area contributed by atoms with Crippen LogP contribution in [-0.4, -0.2) is 29.3 Å². The monoisotopic (exact) mass is 317 g/mol. The number of nitriles is 1. The minimum atomic E-state index is 0.273. The summed E-state index contributed by atoms with van der Waals surface area (Å²) < 4.78 is 4.28. The lowest BCUT2D eigenvalue weighted by molar-refractivity contribution is 0.344. The molecule has 1 atom stereocenters. The topological polar surface area (TPSA) is 88.1 Å². The van der Waals surface area contributed by atoms with E-state index in [2.05, 4.69) is 31.8 Å². The second-order valence-corrected chi connectivity index (χ2v) is 6.27. The number of nitrogens with one attached hydrogen (secondary N) is 1. The molecule has 0 bridgehead atoms. The summed E-state index contributed by atoms with van der Waals surface area (Å²) >= 11 is 0. The first-order valence-electron chi connectivity index (χ1n) is 8.02. The molecule has 7 nitrogen and oxygen atoms in total. The highest BCUT2D eigenvalue weighted by atomic mass is 15.3. The molecule has 0 aliphatic carbocycles. The lowest BCUT2D eigenvalue weighted by atomic mass is 10.0. The normalized spacial score (nSPS) is 17.2. The lowest BCUT2D eigenvalue weighted by Crippen LogP contribution is -2.24. The maximum atomic E-state index is 9.07. The Morgan fingerprint density at radius 2 is 2.33 bits per heavy atom. The molecule has 1 aliphatic rings. The molecule has 0 amide bonds. The van der Waals surface area contributed by atoms with E-state index in [1.807, 2.05) is 30.1 Å². The number of aromatic nitrogens is 6. The lowest BCUT2D eigenvalue weighted by Gasteiger charge is -2.26. The highest BCUT2D eigenvalue weighted by Crippen LogP contribution is 2.32. The van der Waals surface area contributed by atoms with Crippen molar-refractivity contribution in [3.05, 3.63) is 41.7 Å². The van der Waals surface area contributed by atoms with Crippen LogP contribution in [-0.2, 0) is 13.0 Å². The van der Waals surface area contributed by atoms with Gasteiger partial charge in [-0.1, -0.05) is 0 Å². The largest absolute Gasteiger partial charge is 0.346 e. The number of aryl methyl sites for hydroxylation is 2. The third-order valence-corrected chi connectivity index (χ3v) is 4.87. The van der Waals surface area contributed by atoms with E-state index in [1.54, 1.807) is 0 Å². The maximum absolute atomic E-state index is 9.07. The van der Waals surface area contributed by atoms with Gasteiger partial charge in [0.1, 0.15) is 23.1 Å². The van der Waals surface area contributed by atoms with Gasteiger partial charge in [-0.2, -0.15) is 10.4 Å². The Hall–Kier alpha value is -3.14. The maximum Gasteiger partial charge on any atom is 0.162 e. The number of nitrogens with zero attached hydrogens (tertiary/aromatic N) is 6. The zero-order valence-electron chi connectivity index (χ0n) is 13.2. The molecule has 5 heterocycles. The predicted molar refractivity (Wildman–Crippen MR) is 88.4 cm³/mol. The second kappa shape index (κ2) is 4.68. The van der Waals surface area contributed by atoms with Crippen molar-refractivity contribution < 1.29 is 0 Å².